The van der Waals surface area contributed by atoms with Crippen LogP contribution < -0.4 is 11.3 Å². The van der Waals surface area contributed by atoms with Crippen molar-refractivity contribution >= 4 is 16.7 Å². The van der Waals surface area contributed by atoms with Crippen LogP contribution in [0.2, 0.25) is 0 Å². The molecule has 0 aliphatic heterocycles. The fourth-order valence-corrected chi connectivity index (χ4v) is 3.24. The lowest BCUT2D eigenvalue weighted by Crippen LogP contribution is -2.22. The van der Waals surface area contributed by atoms with E-state index >= 15 is 0 Å². The maximum Gasteiger partial charge on any atom is 0.437 e. The van der Waals surface area contributed by atoms with E-state index in [0.29, 0.717) is 28.1 Å². The number of halogens is 1. The highest BCUT2D eigenvalue weighted by atomic mass is 19.1. The average molecular weight is 392 g/mol. The molecule has 0 spiro atoms. The Morgan fingerprint density at radius 3 is 2.59 bits per heavy atom. The molecule has 0 amide bonds. The summed E-state index contributed by atoms with van der Waals surface area (Å²) in [6.07, 6.45) is 0. The summed E-state index contributed by atoms with van der Waals surface area (Å²) in [7, 11) is 1.61. The lowest BCUT2D eigenvalue weighted by atomic mass is 10.2. The SMILES string of the molecule is Cn1c(=O)c2ccccc2n2c(Cn3nc(-c4ccc(F)cc4)oc3=O)nnc12. The van der Waals surface area contributed by atoms with Crippen LogP contribution in [-0.2, 0) is 13.6 Å². The molecule has 0 atom stereocenters. The second kappa shape index (κ2) is 6.23. The minimum atomic E-state index is -0.685. The Balaban J connectivity index is 1.64. The molecule has 0 fully saturated rings. The maximum absolute atomic E-state index is 13.1. The van der Waals surface area contributed by atoms with Gasteiger partial charge in [0.15, 0.2) is 5.82 Å². The summed E-state index contributed by atoms with van der Waals surface area (Å²) in [5, 5.41) is 12.9. The Morgan fingerprint density at radius 1 is 1.03 bits per heavy atom. The highest BCUT2D eigenvalue weighted by Crippen LogP contribution is 2.17. The molecule has 0 unspecified atom stereocenters. The van der Waals surface area contributed by atoms with Crippen molar-refractivity contribution in [3.05, 3.63) is 81.1 Å². The van der Waals surface area contributed by atoms with E-state index in [9.17, 15) is 14.0 Å². The van der Waals surface area contributed by atoms with Crippen LogP contribution >= 0.6 is 0 Å². The van der Waals surface area contributed by atoms with Gasteiger partial charge in [-0.05, 0) is 36.4 Å². The molecule has 0 radical (unpaired) electrons. The van der Waals surface area contributed by atoms with Gasteiger partial charge in [-0.25, -0.2) is 9.18 Å². The zero-order chi connectivity index (χ0) is 20.1. The van der Waals surface area contributed by atoms with Crippen molar-refractivity contribution in [2.24, 2.45) is 7.05 Å². The summed E-state index contributed by atoms with van der Waals surface area (Å²) in [5.41, 5.74) is 0.909. The summed E-state index contributed by atoms with van der Waals surface area (Å²) in [5.74, 6) is -0.258. The Bertz CT molecular complexity index is 1490. The molecular formula is C19H13FN6O3. The van der Waals surface area contributed by atoms with E-state index in [4.69, 9.17) is 4.42 Å². The summed E-state index contributed by atoms with van der Waals surface area (Å²) in [4.78, 5) is 24.8. The summed E-state index contributed by atoms with van der Waals surface area (Å²) >= 11 is 0. The fraction of sp³-hybridized carbons (Fsp3) is 0.105. The van der Waals surface area contributed by atoms with Crippen molar-refractivity contribution in [2.75, 3.05) is 0 Å². The van der Waals surface area contributed by atoms with E-state index in [1.807, 2.05) is 0 Å². The highest BCUT2D eigenvalue weighted by Gasteiger charge is 2.17. The molecule has 0 aliphatic rings. The van der Waals surface area contributed by atoms with Gasteiger partial charge in [0.2, 0.25) is 11.7 Å². The first-order valence-corrected chi connectivity index (χ1v) is 8.68. The Morgan fingerprint density at radius 2 is 1.79 bits per heavy atom. The molecule has 3 aromatic heterocycles. The first kappa shape index (κ1) is 17.0. The third kappa shape index (κ3) is 2.64. The number of hydrogen-bond acceptors (Lipinski definition) is 6. The smallest absolute Gasteiger partial charge is 0.388 e. The number of rotatable bonds is 3. The van der Waals surface area contributed by atoms with E-state index in [2.05, 4.69) is 15.3 Å². The number of fused-ring (bicyclic) bond motifs is 3. The van der Waals surface area contributed by atoms with Crippen LogP contribution in [0.4, 0.5) is 4.39 Å². The molecule has 29 heavy (non-hydrogen) atoms. The van der Waals surface area contributed by atoms with Gasteiger partial charge in [-0.1, -0.05) is 12.1 Å². The van der Waals surface area contributed by atoms with Gasteiger partial charge in [0, 0.05) is 12.6 Å². The molecule has 0 saturated carbocycles. The minimum absolute atomic E-state index is 0.0209. The van der Waals surface area contributed by atoms with E-state index in [1.165, 1.54) is 28.8 Å². The second-order valence-corrected chi connectivity index (χ2v) is 6.47. The van der Waals surface area contributed by atoms with Crippen LogP contribution in [0.5, 0.6) is 0 Å². The molecule has 2 aromatic carbocycles. The molecule has 0 bridgehead atoms. The van der Waals surface area contributed by atoms with Gasteiger partial charge in [-0.2, -0.15) is 4.68 Å². The molecule has 3 heterocycles. The number of hydrogen-bond donors (Lipinski definition) is 0. The first-order valence-electron chi connectivity index (χ1n) is 8.68. The van der Waals surface area contributed by atoms with Gasteiger partial charge in [-0.15, -0.1) is 15.3 Å². The summed E-state index contributed by atoms with van der Waals surface area (Å²) in [6.45, 7) is -0.0209. The highest BCUT2D eigenvalue weighted by molar-refractivity contribution is 5.80. The van der Waals surface area contributed by atoms with Crippen LogP contribution in [-0.4, -0.2) is 28.9 Å². The van der Waals surface area contributed by atoms with Gasteiger partial charge >= 0.3 is 5.76 Å². The van der Waals surface area contributed by atoms with Gasteiger partial charge in [0.25, 0.3) is 5.56 Å². The van der Waals surface area contributed by atoms with Crippen LogP contribution in [0.3, 0.4) is 0 Å². The normalized spacial score (nSPS) is 11.5. The molecular weight excluding hydrogens is 379 g/mol. The predicted octanol–water partition coefficient (Wildman–Crippen LogP) is 1.59. The number of aromatic nitrogens is 6. The predicted molar refractivity (Wildman–Crippen MR) is 101 cm³/mol. The zero-order valence-electron chi connectivity index (χ0n) is 15.1. The molecule has 5 rings (SSSR count). The van der Waals surface area contributed by atoms with Gasteiger partial charge in [0.1, 0.15) is 12.4 Å². The third-order valence-electron chi connectivity index (χ3n) is 4.68. The van der Waals surface area contributed by atoms with Crippen molar-refractivity contribution in [1.29, 1.82) is 0 Å². The molecule has 0 N–H and O–H groups in total. The van der Waals surface area contributed by atoms with E-state index in [0.717, 1.165) is 4.68 Å². The lowest BCUT2D eigenvalue weighted by Gasteiger charge is -2.07. The number of aryl methyl sites for hydroxylation is 1. The monoisotopic (exact) mass is 392 g/mol. The van der Waals surface area contributed by atoms with E-state index in [1.54, 1.807) is 35.7 Å². The Hall–Kier alpha value is -4.08. The van der Waals surface area contributed by atoms with E-state index < -0.39 is 11.6 Å². The largest absolute Gasteiger partial charge is 0.437 e. The molecule has 144 valence electrons. The quantitative estimate of drug-likeness (QED) is 0.462. The van der Waals surface area contributed by atoms with Crippen LogP contribution in [0.15, 0.2) is 62.5 Å². The standard InChI is InChI=1S/C19H13FN6O3/c1-24-17(27)13-4-2-3-5-14(13)26-15(21-22-18(24)26)10-25-19(28)29-16(23-25)11-6-8-12(20)9-7-11/h2-9H,10H2,1H3. The molecule has 0 saturated heterocycles. The maximum atomic E-state index is 13.1. The van der Waals surface area contributed by atoms with Crippen molar-refractivity contribution in [3.63, 3.8) is 0 Å². The van der Waals surface area contributed by atoms with Crippen LogP contribution in [0.25, 0.3) is 28.1 Å². The molecule has 5 aromatic rings. The minimum Gasteiger partial charge on any atom is -0.388 e. The zero-order valence-corrected chi connectivity index (χ0v) is 15.1. The number of para-hydroxylation sites is 1. The molecule has 9 nitrogen and oxygen atoms in total. The molecule has 10 heteroatoms. The first-order chi connectivity index (χ1) is 14.0. The lowest BCUT2D eigenvalue weighted by molar-refractivity contribution is 0.490. The van der Waals surface area contributed by atoms with Gasteiger partial charge in [0.05, 0.1) is 10.9 Å². The van der Waals surface area contributed by atoms with Crippen LogP contribution in [0.1, 0.15) is 5.82 Å². The average Bonchev–Trinajstić information content (AvgIpc) is 3.31. The summed E-state index contributed by atoms with van der Waals surface area (Å²) in [6, 6.07) is 12.5. The van der Waals surface area contributed by atoms with E-state index in [-0.39, 0.29) is 18.0 Å². The topological polar surface area (TPSA) is 100 Å². The van der Waals surface area contributed by atoms with Crippen molar-refractivity contribution in [2.45, 2.75) is 6.54 Å². The Labute approximate surface area is 161 Å². The number of benzene rings is 2. The van der Waals surface area contributed by atoms with Crippen molar-refractivity contribution in [1.82, 2.24) is 28.9 Å². The van der Waals surface area contributed by atoms with Gasteiger partial charge < -0.3 is 4.42 Å². The van der Waals surface area contributed by atoms with Crippen molar-refractivity contribution in [3.8, 4) is 11.5 Å². The second-order valence-electron chi connectivity index (χ2n) is 6.47. The fourth-order valence-electron chi connectivity index (χ4n) is 3.24. The van der Waals surface area contributed by atoms with Crippen LogP contribution in [0, 0.1) is 5.82 Å². The summed E-state index contributed by atoms with van der Waals surface area (Å²) < 4.78 is 22.5. The third-order valence-corrected chi connectivity index (χ3v) is 4.68. The molecule has 0 aliphatic carbocycles. The van der Waals surface area contributed by atoms with Gasteiger partial charge in [-0.3, -0.25) is 13.8 Å². The number of nitrogens with zero attached hydrogens (tertiary/aromatic N) is 6. The Kier molecular flexibility index (Phi) is 3.66. The van der Waals surface area contributed by atoms with Crippen molar-refractivity contribution < 1.29 is 8.81 Å².